The normalized spacial score (nSPS) is 24.8. The number of hydrogen-bond acceptors (Lipinski definition) is 2. The Morgan fingerprint density at radius 2 is 1.71 bits per heavy atom. The number of nitrogens with zero attached hydrogens (tertiary/aromatic N) is 1. The number of benzene rings is 2. The van der Waals surface area contributed by atoms with E-state index in [2.05, 4.69) is 36.4 Å². The molecule has 0 saturated carbocycles. The van der Waals surface area contributed by atoms with Crippen LogP contribution in [0, 0.1) is 5.92 Å². The molecule has 0 unspecified atom stereocenters. The van der Waals surface area contributed by atoms with Crippen molar-refractivity contribution in [2.75, 3.05) is 6.54 Å². The number of amides is 1. The lowest BCUT2D eigenvalue weighted by Crippen LogP contribution is -2.52. The predicted molar refractivity (Wildman–Crippen MR) is 93.6 cm³/mol. The van der Waals surface area contributed by atoms with Gasteiger partial charge in [0.05, 0.1) is 6.04 Å². The van der Waals surface area contributed by atoms with Crippen molar-refractivity contribution in [1.82, 2.24) is 4.90 Å². The fourth-order valence-electron chi connectivity index (χ4n) is 3.81. The van der Waals surface area contributed by atoms with Crippen LogP contribution in [0.5, 0.6) is 0 Å². The first-order chi connectivity index (χ1) is 11.8. The number of piperidine rings is 1. The lowest BCUT2D eigenvalue weighted by Gasteiger charge is -2.45. The lowest BCUT2D eigenvalue weighted by atomic mass is 9.74. The van der Waals surface area contributed by atoms with Crippen molar-refractivity contribution in [3.8, 4) is 0 Å². The van der Waals surface area contributed by atoms with Gasteiger partial charge in [-0.15, -0.1) is 0 Å². The molecule has 2 aromatic carbocycles. The average Bonchev–Trinajstić information content (AvgIpc) is 2.68. The summed E-state index contributed by atoms with van der Waals surface area (Å²) in [5, 5.41) is 0. The quantitative estimate of drug-likeness (QED) is 0.786. The van der Waals surface area contributed by atoms with Crippen LogP contribution < -0.4 is 0 Å². The fourth-order valence-corrected chi connectivity index (χ4v) is 3.81. The Morgan fingerprint density at radius 1 is 1.00 bits per heavy atom. The number of hydrogen-bond donors (Lipinski definition) is 0. The van der Waals surface area contributed by atoms with Gasteiger partial charge >= 0.3 is 6.09 Å². The maximum Gasteiger partial charge on any atom is 0.410 e. The zero-order chi connectivity index (χ0) is 16.4. The Morgan fingerprint density at radius 3 is 2.42 bits per heavy atom. The molecule has 1 aliphatic carbocycles. The highest BCUT2D eigenvalue weighted by Crippen LogP contribution is 2.40. The molecule has 3 atom stereocenters. The van der Waals surface area contributed by atoms with Crippen LogP contribution in [-0.4, -0.2) is 23.6 Å². The van der Waals surface area contributed by atoms with Crippen LogP contribution in [0.2, 0.25) is 0 Å². The first-order valence-electron chi connectivity index (χ1n) is 8.52. The highest BCUT2D eigenvalue weighted by atomic mass is 16.6. The summed E-state index contributed by atoms with van der Waals surface area (Å²) >= 11 is 0. The summed E-state index contributed by atoms with van der Waals surface area (Å²) in [4.78, 5) is 14.5. The van der Waals surface area contributed by atoms with Gasteiger partial charge in [-0.3, -0.25) is 0 Å². The van der Waals surface area contributed by atoms with Crippen LogP contribution in [0.3, 0.4) is 0 Å². The van der Waals surface area contributed by atoms with E-state index in [1.54, 1.807) is 0 Å². The topological polar surface area (TPSA) is 29.5 Å². The van der Waals surface area contributed by atoms with E-state index in [0.717, 1.165) is 18.5 Å². The first kappa shape index (κ1) is 15.0. The Balaban J connectivity index is 1.47. The molecule has 0 radical (unpaired) electrons. The minimum atomic E-state index is -0.209. The number of carbonyl (C=O) groups excluding carboxylic acids is 1. The van der Waals surface area contributed by atoms with Gasteiger partial charge in [-0.25, -0.2) is 4.79 Å². The van der Waals surface area contributed by atoms with Crippen LogP contribution >= 0.6 is 0 Å². The van der Waals surface area contributed by atoms with Crippen LogP contribution in [0.1, 0.15) is 23.5 Å². The monoisotopic (exact) mass is 319 g/mol. The molecule has 2 heterocycles. The Labute approximate surface area is 142 Å². The molecule has 1 fully saturated rings. The Bertz CT molecular complexity index is 726. The molecule has 122 valence electrons. The molecule has 0 N–H and O–H groups in total. The maximum absolute atomic E-state index is 12.6. The van der Waals surface area contributed by atoms with Crippen molar-refractivity contribution in [2.45, 2.75) is 25.0 Å². The smallest absolute Gasteiger partial charge is 0.410 e. The second kappa shape index (κ2) is 6.52. The van der Waals surface area contributed by atoms with E-state index in [1.807, 2.05) is 41.3 Å². The highest BCUT2D eigenvalue weighted by molar-refractivity contribution is 5.69. The van der Waals surface area contributed by atoms with Gasteiger partial charge in [-0.05, 0) is 23.5 Å². The second-order valence-corrected chi connectivity index (χ2v) is 6.58. The summed E-state index contributed by atoms with van der Waals surface area (Å²) < 4.78 is 5.56. The van der Waals surface area contributed by atoms with Gasteiger partial charge in [0, 0.05) is 12.5 Å². The third kappa shape index (κ3) is 2.94. The van der Waals surface area contributed by atoms with Crippen LogP contribution in [0.25, 0.3) is 0 Å². The molecule has 24 heavy (non-hydrogen) atoms. The third-order valence-corrected chi connectivity index (χ3v) is 5.01. The Hall–Kier alpha value is -2.55. The van der Waals surface area contributed by atoms with Crippen molar-refractivity contribution < 1.29 is 9.53 Å². The van der Waals surface area contributed by atoms with E-state index >= 15 is 0 Å². The largest absolute Gasteiger partial charge is 0.445 e. The van der Waals surface area contributed by atoms with Crippen molar-refractivity contribution in [2.24, 2.45) is 5.92 Å². The zero-order valence-electron chi connectivity index (χ0n) is 13.5. The van der Waals surface area contributed by atoms with Gasteiger partial charge in [0.2, 0.25) is 0 Å². The molecule has 2 aromatic rings. The minimum Gasteiger partial charge on any atom is -0.445 e. The molecular formula is C21H21NO2. The number of ether oxygens (including phenoxy) is 1. The third-order valence-electron chi connectivity index (χ3n) is 5.01. The molecular weight excluding hydrogens is 298 g/mol. The SMILES string of the molecule is O=C(OCc1ccccc1)N1C[C@@H]2C=C[C@H]1[C@H](c1ccccc1)C2. The molecule has 5 rings (SSSR count). The summed E-state index contributed by atoms with van der Waals surface area (Å²) in [6, 6.07) is 20.4. The summed E-state index contributed by atoms with van der Waals surface area (Å²) in [5.41, 5.74) is 2.32. The second-order valence-electron chi connectivity index (χ2n) is 6.58. The number of fused-ring (bicyclic) bond motifs is 2. The Kier molecular flexibility index (Phi) is 4.08. The molecule has 2 aliphatic heterocycles. The van der Waals surface area contributed by atoms with Crippen molar-refractivity contribution >= 4 is 6.09 Å². The standard InChI is InChI=1S/C21H21NO2/c23-21(24-15-16-7-3-1-4-8-16)22-14-17-11-12-20(22)19(13-17)18-9-5-2-6-10-18/h1-12,17,19-20H,13-15H2/t17-,19+,20+/m1/s1. The van der Waals surface area contributed by atoms with E-state index < -0.39 is 0 Å². The minimum absolute atomic E-state index is 0.0978. The average molecular weight is 319 g/mol. The summed E-state index contributed by atoms with van der Waals surface area (Å²) in [7, 11) is 0. The van der Waals surface area contributed by atoms with Gasteiger partial charge in [-0.1, -0.05) is 72.8 Å². The van der Waals surface area contributed by atoms with Crippen LogP contribution in [0.15, 0.2) is 72.8 Å². The van der Waals surface area contributed by atoms with E-state index in [0.29, 0.717) is 18.4 Å². The van der Waals surface area contributed by atoms with E-state index in [-0.39, 0.29) is 12.1 Å². The van der Waals surface area contributed by atoms with E-state index in [1.165, 1.54) is 5.56 Å². The molecule has 3 nitrogen and oxygen atoms in total. The molecule has 3 heteroatoms. The van der Waals surface area contributed by atoms with Crippen LogP contribution in [0.4, 0.5) is 4.79 Å². The van der Waals surface area contributed by atoms with Crippen LogP contribution in [-0.2, 0) is 11.3 Å². The van der Waals surface area contributed by atoms with Crippen molar-refractivity contribution in [3.05, 3.63) is 83.9 Å². The fraction of sp³-hybridized carbons (Fsp3) is 0.286. The zero-order valence-corrected chi connectivity index (χ0v) is 13.5. The first-order valence-corrected chi connectivity index (χ1v) is 8.52. The van der Waals surface area contributed by atoms with Gasteiger partial charge in [0.15, 0.2) is 0 Å². The highest BCUT2D eigenvalue weighted by Gasteiger charge is 2.41. The van der Waals surface area contributed by atoms with Gasteiger partial charge in [-0.2, -0.15) is 0 Å². The molecule has 1 saturated heterocycles. The number of rotatable bonds is 3. The summed E-state index contributed by atoms with van der Waals surface area (Å²) in [5.74, 6) is 0.781. The van der Waals surface area contributed by atoms with E-state index in [4.69, 9.17) is 4.74 Å². The summed E-state index contributed by atoms with van der Waals surface area (Å²) in [6.45, 7) is 1.09. The maximum atomic E-state index is 12.6. The number of carbonyl (C=O) groups is 1. The molecule has 2 bridgehead atoms. The molecule has 1 amide bonds. The van der Waals surface area contributed by atoms with E-state index in [9.17, 15) is 4.79 Å². The van der Waals surface area contributed by atoms with Gasteiger partial charge < -0.3 is 9.64 Å². The predicted octanol–water partition coefficient (Wildman–Crippen LogP) is 4.37. The molecule has 0 aromatic heterocycles. The van der Waals surface area contributed by atoms with Crippen molar-refractivity contribution in [1.29, 1.82) is 0 Å². The van der Waals surface area contributed by atoms with Crippen molar-refractivity contribution in [3.63, 3.8) is 0 Å². The lowest BCUT2D eigenvalue weighted by molar-refractivity contribution is 0.0584. The van der Waals surface area contributed by atoms with Gasteiger partial charge in [0.25, 0.3) is 0 Å². The summed E-state index contributed by atoms with van der Waals surface area (Å²) in [6.07, 6.45) is 5.33. The van der Waals surface area contributed by atoms with Gasteiger partial charge in [0.1, 0.15) is 6.61 Å². The molecule has 3 aliphatic rings. The molecule has 0 spiro atoms.